The van der Waals surface area contributed by atoms with Crippen LogP contribution in [0.25, 0.3) is 21.7 Å². The van der Waals surface area contributed by atoms with Crippen molar-refractivity contribution in [2.24, 2.45) is 0 Å². The Hall–Kier alpha value is -3.14. The Morgan fingerprint density at radius 1 is 0.818 bits per heavy atom. The quantitative estimate of drug-likeness (QED) is 0.544. The zero-order valence-electron chi connectivity index (χ0n) is 11.8. The lowest BCUT2D eigenvalue weighted by Gasteiger charge is -2.11. The first-order valence-electron chi connectivity index (χ1n) is 7.06. The number of nitrogen functional groups attached to an aromatic ring is 1. The minimum Gasteiger partial charge on any atom is -0.399 e. The Balaban J connectivity index is 1.88. The van der Waals surface area contributed by atoms with Gasteiger partial charge in [0.1, 0.15) is 12.1 Å². The normalized spacial score (nSPS) is 10.9. The first-order valence-corrected chi connectivity index (χ1v) is 7.06. The van der Waals surface area contributed by atoms with Gasteiger partial charge in [0.15, 0.2) is 0 Å². The average Bonchev–Trinajstić information content (AvgIpc) is 2.56. The van der Waals surface area contributed by atoms with Crippen LogP contribution in [0.1, 0.15) is 0 Å². The zero-order chi connectivity index (χ0) is 14.9. The fourth-order valence-electron chi connectivity index (χ4n) is 2.64. The van der Waals surface area contributed by atoms with Gasteiger partial charge in [0.25, 0.3) is 0 Å². The highest BCUT2D eigenvalue weighted by Gasteiger charge is 2.06. The van der Waals surface area contributed by atoms with Gasteiger partial charge in [0, 0.05) is 22.1 Å². The molecule has 4 aromatic rings. The highest BCUT2D eigenvalue weighted by Crippen LogP contribution is 2.29. The number of benzene rings is 3. The molecule has 4 nitrogen and oxygen atoms in total. The molecule has 4 rings (SSSR count). The summed E-state index contributed by atoms with van der Waals surface area (Å²) in [6, 6.07) is 20.1. The maximum absolute atomic E-state index is 5.89. The molecule has 22 heavy (non-hydrogen) atoms. The summed E-state index contributed by atoms with van der Waals surface area (Å²) in [4.78, 5) is 8.65. The molecule has 1 heterocycles. The van der Waals surface area contributed by atoms with Crippen LogP contribution in [0.5, 0.6) is 0 Å². The smallest absolute Gasteiger partial charge is 0.141 e. The van der Waals surface area contributed by atoms with Crippen LogP contribution in [0.15, 0.2) is 67.0 Å². The van der Waals surface area contributed by atoms with Gasteiger partial charge in [-0.3, -0.25) is 0 Å². The average molecular weight is 286 g/mol. The van der Waals surface area contributed by atoms with E-state index in [1.165, 1.54) is 5.39 Å². The summed E-state index contributed by atoms with van der Waals surface area (Å²) in [5, 5.41) is 6.66. The monoisotopic (exact) mass is 286 g/mol. The molecule has 3 N–H and O–H groups in total. The van der Waals surface area contributed by atoms with E-state index in [1.807, 2.05) is 42.5 Å². The number of nitrogens with one attached hydrogen (secondary N) is 1. The molecular weight excluding hydrogens is 272 g/mol. The summed E-state index contributed by atoms with van der Waals surface area (Å²) in [7, 11) is 0. The summed E-state index contributed by atoms with van der Waals surface area (Å²) in [6.07, 6.45) is 1.56. The van der Waals surface area contributed by atoms with Crippen LogP contribution in [-0.2, 0) is 0 Å². The number of rotatable bonds is 2. The van der Waals surface area contributed by atoms with Crippen molar-refractivity contribution >= 4 is 38.9 Å². The van der Waals surface area contributed by atoms with Gasteiger partial charge in [-0.2, -0.15) is 0 Å². The van der Waals surface area contributed by atoms with E-state index in [-0.39, 0.29) is 0 Å². The SMILES string of the molecule is Nc1ccc2ncnc(Nc3cccc4ccccc34)c2c1. The third-order valence-corrected chi connectivity index (χ3v) is 3.70. The second-order valence-electron chi connectivity index (χ2n) is 5.15. The number of hydrogen-bond acceptors (Lipinski definition) is 4. The Morgan fingerprint density at radius 3 is 2.64 bits per heavy atom. The van der Waals surface area contributed by atoms with Crippen LogP contribution >= 0.6 is 0 Å². The van der Waals surface area contributed by atoms with Gasteiger partial charge in [-0.15, -0.1) is 0 Å². The van der Waals surface area contributed by atoms with Crippen molar-refractivity contribution < 1.29 is 0 Å². The van der Waals surface area contributed by atoms with Gasteiger partial charge in [-0.05, 0) is 29.7 Å². The minimum atomic E-state index is 0.697. The summed E-state index contributed by atoms with van der Waals surface area (Å²) in [5.74, 6) is 0.758. The van der Waals surface area contributed by atoms with E-state index in [4.69, 9.17) is 5.73 Å². The highest BCUT2D eigenvalue weighted by atomic mass is 15.0. The van der Waals surface area contributed by atoms with Gasteiger partial charge in [-0.1, -0.05) is 36.4 Å². The number of aromatic nitrogens is 2. The Morgan fingerprint density at radius 2 is 1.68 bits per heavy atom. The topological polar surface area (TPSA) is 63.8 Å². The number of nitrogens with zero attached hydrogens (tertiary/aromatic N) is 2. The third-order valence-electron chi connectivity index (χ3n) is 3.70. The zero-order valence-corrected chi connectivity index (χ0v) is 11.8. The molecule has 106 valence electrons. The summed E-state index contributed by atoms with van der Waals surface area (Å²) in [6.45, 7) is 0. The number of hydrogen-bond donors (Lipinski definition) is 2. The molecule has 0 aliphatic rings. The highest BCUT2D eigenvalue weighted by molar-refractivity contribution is 5.99. The standard InChI is InChI=1S/C18H14N4/c19-13-8-9-16-15(10-13)18(21-11-20-16)22-17-7-3-5-12-4-1-2-6-14(12)17/h1-11H,19H2,(H,20,21,22). The van der Waals surface area contributed by atoms with Crippen molar-refractivity contribution in [3.05, 3.63) is 67.0 Å². The lowest BCUT2D eigenvalue weighted by atomic mass is 10.1. The molecule has 0 radical (unpaired) electrons. The van der Waals surface area contributed by atoms with Crippen molar-refractivity contribution in [1.29, 1.82) is 0 Å². The van der Waals surface area contributed by atoms with Crippen LogP contribution in [0.2, 0.25) is 0 Å². The number of nitrogens with two attached hydrogens (primary N) is 1. The number of anilines is 3. The Bertz CT molecular complexity index is 973. The van der Waals surface area contributed by atoms with Crippen LogP contribution < -0.4 is 11.1 Å². The molecule has 4 heteroatoms. The van der Waals surface area contributed by atoms with Crippen molar-refractivity contribution in [2.75, 3.05) is 11.1 Å². The summed E-state index contributed by atoms with van der Waals surface area (Å²) >= 11 is 0. The van der Waals surface area contributed by atoms with Crippen molar-refractivity contribution in [3.8, 4) is 0 Å². The first kappa shape index (κ1) is 12.6. The second kappa shape index (κ2) is 5.00. The molecule has 0 spiro atoms. The Kier molecular flexibility index (Phi) is 2.86. The van der Waals surface area contributed by atoms with E-state index in [1.54, 1.807) is 6.33 Å². The molecule has 0 atom stereocenters. The van der Waals surface area contributed by atoms with Crippen LogP contribution in [0.4, 0.5) is 17.2 Å². The summed E-state index contributed by atoms with van der Waals surface area (Å²) in [5.41, 5.74) is 8.47. The van der Waals surface area contributed by atoms with Crippen LogP contribution in [-0.4, -0.2) is 9.97 Å². The fraction of sp³-hybridized carbons (Fsp3) is 0. The van der Waals surface area contributed by atoms with Gasteiger partial charge in [0.05, 0.1) is 5.52 Å². The first-order chi connectivity index (χ1) is 10.8. The van der Waals surface area contributed by atoms with Crippen LogP contribution in [0, 0.1) is 0 Å². The third kappa shape index (κ3) is 2.11. The van der Waals surface area contributed by atoms with E-state index in [9.17, 15) is 0 Å². The molecule has 0 unspecified atom stereocenters. The van der Waals surface area contributed by atoms with Crippen molar-refractivity contribution in [3.63, 3.8) is 0 Å². The van der Waals surface area contributed by atoms with Gasteiger partial charge >= 0.3 is 0 Å². The molecule has 0 aliphatic heterocycles. The second-order valence-corrected chi connectivity index (χ2v) is 5.15. The summed E-state index contributed by atoms with van der Waals surface area (Å²) < 4.78 is 0. The van der Waals surface area contributed by atoms with E-state index >= 15 is 0 Å². The largest absolute Gasteiger partial charge is 0.399 e. The molecule has 0 aliphatic carbocycles. The van der Waals surface area contributed by atoms with E-state index < -0.39 is 0 Å². The van der Waals surface area contributed by atoms with Gasteiger partial charge in [-0.25, -0.2) is 9.97 Å². The molecule has 0 saturated carbocycles. The molecule has 0 bridgehead atoms. The lowest BCUT2D eigenvalue weighted by Crippen LogP contribution is -1.97. The predicted octanol–water partition coefficient (Wildman–Crippen LogP) is 4.11. The molecule has 0 saturated heterocycles. The van der Waals surface area contributed by atoms with Gasteiger partial charge < -0.3 is 11.1 Å². The Labute approximate surface area is 127 Å². The molecule has 3 aromatic carbocycles. The molecule has 0 fully saturated rings. The van der Waals surface area contributed by atoms with Crippen molar-refractivity contribution in [1.82, 2.24) is 9.97 Å². The van der Waals surface area contributed by atoms with E-state index in [0.29, 0.717) is 5.69 Å². The molecular formula is C18H14N4. The van der Waals surface area contributed by atoms with Crippen LogP contribution in [0.3, 0.4) is 0 Å². The minimum absolute atomic E-state index is 0.697. The van der Waals surface area contributed by atoms with Gasteiger partial charge in [0.2, 0.25) is 0 Å². The fourth-order valence-corrected chi connectivity index (χ4v) is 2.64. The lowest BCUT2D eigenvalue weighted by molar-refractivity contribution is 1.22. The maximum atomic E-state index is 5.89. The predicted molar refractivity (Wildman–Crippen MR) is 91.2 cm³/mol. The molecule has 1 aromatic heterocycles. The number of fused-ring (bicyclic) bond motifs is 2. The van der Waals surface area contributed by atoms with E-state index in [2.05, 4.69) is 33.5 Å². The maximum Gasteiger partial charge on any atom is 0.141 e. The molecule has 0 amide bonds. The van der Waals surface area contributed by atoms with E-state index in [0.717, 1.165) is 27.8 Å². The van der Waals surface area contributed by atoms with Crippen molar-refractivity contribution in [2.45, 2.75) is 0 Å².